The zero-order chi connectivity index (χ0) is 17.4. The quantitative estimate of drug-likeness (QED) is 0.506. The third-order valence-electron chi connectivity index (χ3n) is 4.39. The van der Waals surface area contributed by atoms with E-state index < -0.39 is 5.82 Å². The van der Waals surface area contributed by atoms with Crippen LogP contribution in [-0.2, 0) is 4.79 Å². The third-order valence-corrected chi connectivity index (χ3v) is 4.39. The van der Waals surface area contributed by atoms with Crippen molar-refractivity contribution in [1.82, 2.24) is 5.43 Å². The minimum absolute atomic E-state index is 0.0731. The number of phenols is 1. The molecule has 4 nitrogen and oxygen atoms in total. The molecule has 0 bridgehead atoms. The first-order valence-electron chi connectivity index (χ1n) is 7.62. The third kappa shape index (κ3) is 3.60. The van der Waals surface area contributed by atoms with Crippen LogP contribution in [0.15, 0.2) is 34.9 Å². The van der Waals surface area contributed by atoms with Crippen molar-refractivity contribution >= 4 is 11.6 Å². The Bertz CT molecular complexity index is 688. The Hall–Kier alpha value is -2.17. The van der Waals surface area contributed by atoms with Crippen LogP contribution in [0, 0.1) is 23.1 Å². The van der Waals surface area contributed by atoms with Crippen molar-refractivity contribution in [2.45, 2.75) is 34.6 Å². The van der Waals surface area contributed by atoms with Crippen molar-refractivity contribution in [3.8, 4) is 5.75 Å². The van der Waals surface area contributed by atoms with E-state index in [9.17, 15) is 14.3 Å². The predicted molar refractivity (Wildman–Crippen MR) is 88.6 cm³/mol. The highest BCUT2D eigenvalue weighted by atomic mass is 19.1. The number of hydrogen-bond acceptors (Lipinski definition) is 3. The van der Waals surface area contributed by atoms with Gasteiger partial charge in [0.15, 0.2) is 0 Å². The van der Waals surface area contributed by atoms with E-state index in [1.807, 2.05) is 13.8 Å². The van der Waals surface area contributed by atoms with Crippen molar-refractivity contribution in [3.63, 3.8) is 0 Å². The van der Waals surface area contributed by atoms with Gasteiger partial charge in [0.25, 0.3) is 0 Å². The largest absolute Gasteiger partial charge is 0.507 e. The maximum absolute atomic E-state index is 13.3. The molecule has 23 heavy (non-hydrogen) atoms. The maximum atomic E-state index is 13.3. The van der Waals surface area contributed by atoms with Crippen molar-refractivity contribution < 1.29 is 14.3 Å². The lowest BCUT2D eigenvalue weighted by atomic mass is 10.1. The predicted octanol–water partition coefficient (Wildman–Crippen LogP) is 3.61. The van der Waals surface area contributed by atoms with E-state index >= 15 is 0 Å². The first-order valence-corrected chi connectivity index (χ1v) is 7.62. The lowest BCUT2D eigenvalue weighted by Crippen LogP contribution is -2.23. The van der Waals surface area contributed by atoms with Crippen molar-refractivity contribution in [2.24, 2.45) is 22.4 Å². The fourth-order valence-corrected chi connectivity index (χ4v) is 2.92. The molecule has 0 heterocycles. The molecule has 1 aliphatic rings. The fraction of sp³-hybridized carbons (Fsp3) is 0.444. The number of amides is 1. The summed E-state index contributed by atoms with van der Waals surface area (Å²) in [5.41, 5.74) is 4.25. The SMILES string of the molecule is CC(C)=C[C@H]1[C@H](C(=O)N/N=C(\C)c2cc(F)ccc2O)C1(C)C. The van der Waals surface area contributed by atoms with E-state index in [4.69, 9.17) is 0 Å². The smallest absolute Gasteiger partial charge is 0.244 e. The van der Waals surface area contributed by atoms with Gasteiger partial charge in [0.2, 0.25) is 5.91 Å². The number of aromatic hydroxyl groups is 1. The number of phenolic OH excluding ortho intramolecular Hbond substituents is 1. The average Bonchev–Trinajstić information content (AvgIpc) is 2.98. The number of carbonyl (C=O) groups excluding carboxylic acids is 1. The summed E-state index contributed by atoms with van der Waals surface area (Å²) in [7, 11) is 0. The molecule has 1 aromatic rings. The molecule has 1 amide bonds. The Morgan fingerprint density at radius 3 is 2.61 bits per heavy atom. The molecule has 1 saturated carbocycles. The molecule has 1 fully saturated rings. The summed E-state index contributed by atoms with van der Waals surface area (Å²) in [6.45, 7) is 9.74. The number of hydrogen-bond donors (Lipinski definition) is 2. The minimum Gasteiger partial charge on any atom is -0.507 e. The standard InChI is InChI=1S/C18H23FN2O2/c1-10(2)8-14-16(18(14,4)5)17(23)21-20-11(3)13-9-12(19)6-7-15(13)22/h6-9,14,16,22H,1-5H3,(H,21,23)/b20-11+/t14-,16+/m0/s1. The molecule has 124 valence electrons. The van der Waals surface area contributed by atoms with Crippen LogP contribution in [-0.4, -0.2) is 16.7 Å². The Morgan fingerprint density at radius 2 is 2.00 bits per heavy atom. The number of hydrazone groups is 1. The molecule has 2 N–H and O–H groups in total. The molecule has 1 aliphatic carbocycles. The molecule has 0 saturated heterocycles. The highest BCUT2D eigenvalue weighted by Crippen LogP contribution is 2.59. The lowest BCUT2D eigenvalue weighted by molar-refractivity contribution is -0.123. The Kier molecular flexibility index (Phi) is 4.59. The Labute approximate surface area is 136 Å². The van der Waals surface area contributed by atoms with Gasteiger partial charge in [0.1, 0.15) is 11.6 Å². The normalized spacial score (nSPS) is 22.4. The summed E-state index contributed by atoms with van der Waals surface area (Å²) in [5, 5.41) is 13.8. The molecule has 2 atom stereocenters. The van der Waals surface area contributed by atoms with Crippen LogP contribution in [0.2, 0.25) is 0 Å². The molecule has 5 heteroatoms. The summed E-state index contributed by atoms with van der Waals surface area (Å²) in [6.07, 6.45) is 2.11. The van der Waals surface area contributed by atoms with Crippen molar-refractivity contribution in [1.29, 1.82) is 0 Å². The van der Waals surface area contributed by atoms with Crippen LogP contribution in [0.25, 0.3) is 0 Å². The number of nitrogens with zero attached hydrogens (tertiary/aromatic N) is 1. The highest BCUT2D eigenvalue weighted by Gasteiger charge is 2.60. The Balaban J connectivity index is 2.10. The first-order chi connectivity index (χ1) is 10.6. The molecule has 2 rings (SSSR count). The van der Waals surface area contributed by atoms with Crippen molar-refractivity contribution in [2.75, 3.05) is 0 Å². The van der Waals surface area contributed by atoms with Crippen LogP contribution in [0.3, 0.4) is 0 Å². The van der Waals surface area contributed by atoms with Crippen molar-refractivity contribution in [3.05, 3.63) is 41.2 Å². The molecule has 0 unspecified atom stereocenters. The lowest BCUT2D eigenvalue weighted by Gasteiger charge is -2.06. The summed E-state index contributed by atoms with van der Waals surface area (Å²) < 4.78 is 13.3. The maximum Gasteiger partial charge on any atom is 0.244 e. The second-order valence-corrected chi connectivity index (χ2v) is 6.90. The van der Waals surface area contributed by atoms with E-state index in [0.29, 0.717) is 5.71 Å². The summed E-state index contributed by atoms with van der Waals surface area (Å²) >= 11 is 0. The zero-order valence-electron chi connectivity index (χ0n) is 14.1. The zero-order valence-corrected chi connectivity index (χ0v) is 14.1. The second kappa shape index (κ2) is 6.14. The van der Waals surface area contributed by atoms with Crippen LogP contribution in [0.5, 0.6) is 5.75 Å². The monoisotopic (exact) mass is 318 g/mol. The first kappa shape index (κ1) is 17.2. The molecular weight excluding hydrogens is 295 g/mol. The van der Waals surface area contributed by atoms with Gasteiger partial charge in [0.05, 0.1) is 11.6 Å². The number of halogens is 1. The summed E-state index contributed by atoms with van der Waals surface area (Å²) in [5.74, 6) is -0.630. The van der Waals surface area contributed by atoms with E-state index in [0.717, 1.165) is 0 Å². The van der Waals surface area contributed by atoms with Crippen LogP contribution in [0.1, 0.15) is 40.2 Å². The van der Waals surface area contributed by atoms with E-state index in [1.165, 1.54) is 23.8 Å². The van der Waals surface area contributed by atoms with Crippen LogP contribution in [0.4, 0.5) is 4.39 Å². The van der Waals surface area contributed by atoms with E-state index in [-0.39, 0.29) is 34.5 Å². The number of benzene rings is 1. The van der Waals surface area contributed by atoms with Gasteiger partial charge < -0.3 is 5.11 Å². The van der Waals surface area contributed by atoms with Crippen LogP contribution < -0.4 is 5.43 Å². The van der Waals surface area contributed by atoms with E-state index in [1.54, 1.807) is 6.92 Å². The van der Waals surface area contributed by atoms with Crippen LogP contribution >= 0.6 is 0 Å². The average molecular weight is 318 g/mol. The van der Waals surface area contributed by atoms with Gasteiger partial charge in [0, 0.05) is 5.56 Å². The fourth-order valence-electron chi connectivity index (χ4n) is 2.92. The number of carbonyl (C=O) groups is 1. The van der Waals surface area contributed by atoms with Gasteiger partial charge in [-0.25, -0.2) is 9.82 Å². The van der Waals surface area contributed by atoms with Gasteiger partial charge in [-0.1, -0.05) is 25.5 Å². The Morgan fingerprint density at radius 1 is 1.35 bits per heavy atom. The second-order valence-electron chi connectivity index (χ2n) is 6.90. The molecule has 1 aromatic carbocycles. The number of rotatable bonds is 4. The number of allylic oxidation sites excluding steroid dienone is 2. The number of nitrogens with one attached hydrogen (secondary N) is 1. The molecular formula is C18H23FN2O2. The molecule has 0 spiro atoms. The van der Waals surface area contributed by atoms with E-state index in [2.05, 4.69) is 30.5 Å². The van der Waals surface area contributed by atoms with Gasteiger partial charge >= 0.3 is 0 Å². The molecule has 0 aromatic heterocycles. The molecule has 0 radical (unpaired) electrons. The van der Waals surface area contributed by atoms with Gasteiger partial charge in [-0.2, -0.15) is 5.10 Å². The molecule has 0 aliphatic heterocycles. The van der Waals surface area contributed by atoms with Gasteiger partial charge in [-0.15, -0.1) is 0 Å². The minimum atomic E-state index is -0.467. The van der Waals surface area contributed by atoms with Gasteiger partial charge in [-0.3, -0.25) is 4.79 Å². The summed E-state index contributed by atoms with van der Waals surface area (Å²) in [6, 6.07) is 3.62. The van der Waals surface area contributed by atoms with Gasteiger partial charge in [-0.05, 0) is 50.3 Å². The summed E-state index contributed by atoms with van der Waals surface area (Å²) in [4.78, 5) is 12.3. The highest BCUT2D eigenvalue weighted by molar-refractivity contribution is 6.01. The topological polar surface area (TPSA) is 61.7 Å².